The number of carboxylic acid groups (broad SMARTS) is 1. The van der Waals surface area contributed by atoms with Gasteiger partial charge in [0.2, 0.25) is 0 Å². The number of amides is 2. The Morgan fingerprint density at radius 2 is 1.91 bits per heavy atom. The Morgan fingerprint density at radius 3 is 2.36 bits per heavy atom. The maximum absolute atomic E-state index is 11.7. The van der Waals surface area contributed by atoms with Crippen molar-refractivity contribution in [3.05, 3.63) is 24.5 Å². The van der Waals surface area contributed by atoms with Crippen LogP contribution in [0, 0.1) is 0 Å². The highest BCUT2D eigenvalue weighted by Crippen LogP contribution is 2.13. The monoisotopic (exact) mass is 320 g/mol. The molecule has 3 N–H and O–H groups in total. The number of aliphatic carboxylic acids is 1. The fourth-order valence-corrected chi connectivity index (χ4v) is 1.51. The van der Waals surface area contributed by atoms with E-state index >= 15 is 0 Å². The second-order valence-corrected chi connectivity index (χ2v) is 4.21. The molecule has 0 saturated carbocycles. The number of pyridine rings is 1. The standard InChI is InChI=1S/C10H14N4O.C2HF3O2/c15-10(14-6-4-11-5-7-14)13-9-2-1-3-12-8-9;3-2(4,5)1(6)7/h1-3,8,11H,4-7H2,(H,13,15);(H,6,7). The molecule has 0 bridgehead atoms. The molecule has 1 fully saturated rings. The fraction of sp³-hybridized carbons (Fsp3) is 0.417. The zero-order valence-electron chi connectivity index (χ0n) is 11.4. The summed E-state index contributed by atoms with van der Waals surface area (Å²) in [6, 6.07) is 3.57. The Balaban J connectivity index is 0.000000295. The van der Waals surface area contributed by atoms with Crippen LogP contribution < -0.4 is 10.6 Å². The quantitative estimate of drug-likeness (QED) is 0.722. The molecule has 0 unspecified atom stereocenters. The van der Waals surface area contributed by atoms with Gasteiger partial charge in [0.1, 0.15) is 0 Å². The zero-order chi connectivity index (χ0) is 16.6. The molecular weight excluding hydrogens is 305 g/mol. The number of alkyl halides is 3. The number of carbonyl (C=O) groups excluding carboxylic acids is 1. The lowest BCUT2D eigenvalue weighted by molar-refractivity contribution is -0.192. The van der Waals surface area contributed by atoms with E-state index in [-0.39, 0.29) is 6.03 Å². The summed E-state index contributed by atoms with van der Waals surface area (Å²) in [6.07, 6.45) is -1.76. The van der Waals surface area contributed by atoms with E-state index in [1.807, 2.05) is 6.07 Å². The van der Waals surface area contributed by atoms with Gasteiger partial charge in [-0.05, 0) is 12.1 Å². The van der Waals surface area contributed by atoms with Crippen molar-refractivity contribution in [2.24, 2.45) is 0 Å². The van der Waals surface area contributed by atoms with Gasteiger partial charge in [0.25, 0.3) is 0 Å². The van der Waals surface area contributed by atoms with Crippen molar-refractivity contribution in [3.8, 4) is 0 Å². The second kappa shape index (κ2) is 8.17. The van der Waals surface area contributed by atoms with Crippen molar-refractivity contribution < 1.29 is 27.9 Å². The van der Waals surface area contributed by atoms with Crippen LogP contribution in [0.15, 0.2) is 24.5 Å². The smallest absolute Gasteiger partial charge is 0.475 e. The lowest BCUT2D eigenvalue weighted by Gasteiger charge is -2.27. The zero-order valence-corrected chi connectivity index (χ0v) is 11.4. The maximum Gasteiger partial charge on any atom is 0.490 e. The Hall–Kier alpha value is -2.36. The molecule has 1 aromatic rings. The van der Waals surface area contributed by atoms with Gasteiger partial charge in [-0.3, -0.25) is 4.98 Å². The van der Waals surface area contributed by atoms with Gasteiger partial charge in [-0.1, -0.05) is 0 Å². The molecule has 0 radical (unpaired) electrons. The number of anilines is 1. The molecule has 2 heterocycles. The van der Waals surface area contributed by atoms with Crippen molar-refractivity contribution in [1.29, 1.82) is 0 Å². The summed E-state index contributed by atoms with van der Waals surface area (Å²) in [4.78, 5) is 26.4. The molecule has 2 rings (SSSR count). The highest BCUT2D eigenvalue weighted by Gasteiger charge is 2.38. The van der Waals surface area contributed by atoms with Gasteiger partial charge in [0, 0.05) is 32.4 Å². The molecule has 1 aromatic heterocycles. The van der Waals surface area contributed by atoms with Crippen molar-refractivity contribution in [2.45, 2.75) is 6.18 Å². The van der Waals surface area contributed by atoms with E-state index in [1.165, 1.54) is 0 Å². The van der Waals surface area contributed by atoms with Crippen LogP contribution in [0.25, 0.3) is 0 Å². The number of piperazine rings is 1. The van der Waals surface area contributed by atoms with E-state index in [2.05, 4.69) is 15.6 Å². The SMILES string of the molecule is O=C(Nc1cccnc1)N1CCNCC1.O=C(O)C(F)(F)F. The van der Waals surface area contributed by atoms with E-state index in [4.69, 9.17) is 9.90 Å². The first-order valence-corrected chi connectivity index (χ1v) is 6.27. The van der Waals surface area contributed by atoms with Crippen molar-refractivity contribution in [2.75, 3.05) is 31.5 Å². The third kappa shape index (κ3) is 6.39. The average Bonchev–Trinajstić information content (AvgIpc) is 2.49. The minimum Gasteiger partial charge on any atom is -0.475 e. The van der Waals surface area contributed by atoms with Crippen LogP contribution in [0.1, 0.15) is 0 Å². The summed E-state index contributed by atoms with van der Waals surface area (Å²) in [5, 5.41) is 13.1. The minimum absolute atomic E-state index is 0.0514. The fourth-order valence-electron chi connectivity index (χ4n) is 1.51. The van der Waals surface area contributed by atoms with Crippen molar-refractivity contribution in [1.82, 2.24) is 15.2 Å². The Bertz CT molecular complexity index is 490. The van der Waals surface area contributed by atoms with E-state index in [1.54, 1.807) is 23.4 Å². The molecule has 1 aliphatic heterocycles. The predicted molar refractivity (Wildman–Crippen MR) is 71.4 cm³/mol. The van der Waals surface area contributed by atoms with Crippen LogP contribution >= 0.6 is 0 Å². The first kappa shape index (κ1) is 17.7. The van der Waals surface area contributed by atoms with Crippen LogP contribution in [-0.4, -0.2) is 59.3 Å². The molecule has 2 amide bonds. The summed E-state index contributed by atoms with van der Waals surface area (Å²) in [7, 11) is 0. The number of nitrogens with zero attached hydrogens (tertiary/aromatic N) is 2. The third-order valence-electron chi connectivity index (χ3n) is 2.56. The average molecular weight is 320 g/mol. The van der Waals surface area contributed by atoms with Crippen LogP contribution in [0.3, 0.4) is 0 Å². The molecule has 1 aliphatic rings. The van der Waals surface area contributed by atoms with Gasteiger partial charge < -0.3 is 20.6 Å². The number of carboxylic acids is 1. The Morgan fingerprint density at radius 1 is 1.32 bits per heavy atom. The number of hydrogen-bond donors (Lipinski definition) is 3. The third-order valence-corrected chi connectivity index (χ3v) is 2.56. The first-order chi connectivity index (χ1) is 10.3. The molecule has 22 heavy (non-hydrogen) atoms. The molecule has 0 aromatic carbocycles. The molecule has 0 aliphatic carbocycles. The number of urea groups is 1. The maximum atomic E-state index is 11.7. The normalized spacial score (nSPS) is 14.6. The molecule has 7 nitrogen and oxygen atoms in total. The lowest BCUT2D eigenvalue weighted by Crippen LogP contribution is -2.48. The molecular formula is C12H15F3N4O3. The number of rotatable bonds is 1. The second-order valence-electron chi connectivity index (χ2n) is 4.21. The summed E-state index contributed by atoms with van der Waals surface area (Å²) in [5.41, 5.74) is 0.737. The van der Waals surface area contributed by atoms with Crippen LogP contribution in [0.5, 0.6) is 0 Å². The van der Waals surface area contributed by atoms with E-state index in [0.29, 0.717) is 0 Å². The molecule has 10 heteroatoms. The predicted octanol–water partition coefficient (Wildman–Crippen LogP) is 1.15. The van der Waals surface area contributed by atoms with Gasteiger partial charge >= 0.3 is 18.2 Å². The number of hydrogen-bond acceptors (Lipinski definition) is 4. The van der Waals surface area contributed by atoms with Gasteiger partial charge in [-0.15, -0.1) is 0 Å². The number of halogens is 3. The first-order valence-electron chi connectivity index (χ1n) is 6.27. The summed E-state index contributed by atoms with van der Waals surface area (Å²) in [5.74, 6) is -2.76. The molecule has 122 valence electrons. The van der Waals surface area contributed by atoms with E-state index < -0.39 is 12.1 Å². The van der Waals surface area contributed by atoms with Crippen LogP contribution in [-0.2, 0) is 4.79 Å². The molecule has 0 spiro atoms. The number of nitrogens with one attached hydrogen (secondary N) is 2. The number of carbonyl (C=O) groups is 2. The molecule has 0 atom stereocenters. The topological polar surface area (TPSA) is 94.6 Å². The highest BCUT2D eigenvalue weighted by molar-refractivity contribution is 5.89. The largest absolute Gasteiger partial charge is 0.490 e. The summed E-state index contributed by atoms with van der Waals surface area (Å²) < 4.78 is 31.7. The minimum atomic E-state index is -5.08. The van der Waals surface area contributed by atoms with Gasteiger partial charge in [0.05, 0.1) is 11.9 Å². The van der Waals surface area contributed by atoms with Crippen LogP contribution in [0.4, 0.5) is 23.7 Å². The number of aromatic nitrogens is 1. The molecule has 1 saturated heterocycles. The van der Waals surface area contributed by atoms with Gasteiger partial charge in [0.15, 0.2) is 0 Å². The lowest BCUT2D eigenvalue weighted by atomic mass is 10.4. The van der Waals surface area contributed by atoms with Crippen molar-refractivity contribution >= 4 is 17.7 Å². The summed E-state index contributed by atoms with van der Waals surface area (Å²) >= 11 is 0. The van der Waals surface area contributed by atoms with Crippen molar-refractivity contribution in [3.63, 3.8) is 0 Å². The van der Waals surface area contributed by atoms with E-state index in [9.17, 15) is 18.0 Å². The summed E-state index contributed by atoms with van der Waals surface area (Å²) in [6.45, 7) is 3.24. The van der Waals surface area contributed by atoms with Crippen LogP contribution in [0.2, 0.25) is 0 Å². The van der Waals surface area contributed by atoms with Gasteiger partial charge in [-0.2, -0.15) is 13.2 Å². The Labute approximate surface area is 124 Å². The Kier molecular flexibility index (Phi) is 6.57. The highest BCUT2D eigenvalue weighted by atomic mass is 19.4. The van der Waals surface area contributed by atoms with Gasteiger partial charge in [-0.25, -0.2) is 9.59 Å². The van der Waals surface area contributed by atoms with E-state index in [0.717, 1.165) is 31.9 Å².